The lowest BCUT2D eigenvalue weighted by Crippen LogP contribution is -2.31. The molecule has 4 nitrogen and oxygen atoms in total. The van der Waals surface area contributed by atoms with Crippen LogP contribution in [0.4, 0.5) is 0 Å². The second-order valence-corrected chi connectivity index (χ2v) is 6.70. The van der Waals surface area contributed by atoms with Crippen molar-refractivity contribution in [1.82, 2.24) is 16.0 Å². The van der Waals surface area contributed by atoms with Crippen LogP contribution in [0, 0.1) is 0 Å². The molecule has 0 amide bonds. The molecule has 1 aliphatic carbocycles. The molecule has 2 unspecified atom stereocenters. The Bertz CT molecular complexity index is 638. The monoisotopic (exact) mass is 354 g/mol. The van der Waals surface area contributed by atoms with Crippen molar-refractivity contribution in [3.05, 3.63) is 58.6 Å². The quantitative estimate of drug-likeness (QED) is 0.688. The van der Waals surface area contributed by atoms with Gasteiger partial charge in [0, 0.05) is 32.5 Å². The molecule has 0 fully saturated rings. The number of halogens is 2. The summed E-state index contributed by atoms with van der Waals surface area (Å²) in [4.78, 5) is -1.04. The van der Waals surface area contributed by atoms with E-state index in [1.54, 1.807) is 6.07 Å². The molecule has 0 aromatic heterocycles. The third-order valence-electron chi connectivity index (χ3n) is 4.24. The Morgan fingerprint density at radius 2 is 1.74 bits per heavy atom. The average Bonchev–Trinajstić information content (AvgIpc) is 2.92. The van der Waals surface area contributed by atoms with Crippen LogP contribution in [0.5, 0.6) is 0 Å². The number of allylic oxidation sites excluding steroid dienone is 1. The molecule has 0 saturated heterocycles. The van der Waals surface area contributed by atoms with Gasteiger partial charge < -0.3 is 16.0 Å². The molecule has 0 spiro atoms. The first-order valence-corrected chi connectivity index (χ1v) is 8.32. The molecule has 23 heavy (non-hydrogen) atoms. The van der Waals surface area contributed by atoms with Gasteiger partial charge in [0.2, 0.25) is 0 Å². The van der Waals surface area contributed by atoms with E-state index in [0.717, 1.165) is 22.7 Å². The normalized spacial score (nSPS) is 20.3. The Morgan fingerprint density at radius 1 is 1.09 bits per heavy atom. The number of rotatable bonds is 6. The SMILES string of the molecule is CNC1=CC(NC)=C(NC)C1c1ccccc1C(C)([O])C(Cl)Cl. The van der Waals surface area contributed by atoms with E-state index in [1.165, 1.54) is 6.92 Å². The predicted octanol–water partition coefficient (Wildman–Crippen LogP) is 2.99. The highest BCUT2D eigenvalue weighted by Crippen LogP contribution is 2.42. The maximum Gasteiger partial charge on any atom is 0.156 e. The van der Waals surface area contributed by atoms with Crippen LogP contribution in [0.25, 0.3) is 0 Å². The van der Waals surface area contributed by atoms with Gasteiger partial charge in [0.1, 0.15) is 4.84 Å². The third kappa shape index (κ3) is 3.16. The van der Waals surface area contributed by atoms with Crippen LogP contribution in [0.15, 0.2) is 47.4 Å². The number of hydrogen-bond donors (Lipinski definition) is 3. The molecule has 2 atom stereocenters. The van der Waals surface area contributed by atoms with Crippen molar-refractivity contribution in [3.63, 3.8) is 0 Å². The molecular weight excluding hydrogens is 333 g/mol. The molecule has 1 radical (unpaired) electrons. The molecule has 6 heteroatoms. The summed E-state index contributed by atoms with van der Waals surface area (Å²) in [5.74, 6) is -0.0935. The van der Waals surface area contributed by atoms with Crippen molar-refractivity contribution in [2.24, 2.45) is 0 Å². The van der Waals surface area contributed by atoms with Crippen molar-refractivity contribution in [2.75, 3.05) is 21.1 Å². The Kier molecular flexibility index (Phi) is 5.50. The van der Waals surface area contributed by atoms with Crippen molar-refractivity contribution in [3.8, 4) is 0 Å². The molecule has 1 aromatic rings. The largest absolute Gasteiger partial charge is 0.391 e. The lowest BCUT2D eigenvalue weighted by atomic mass is 9.84. The van der Waals surface area contributed by atoms with Crippen LogP contribution in [-0.2, 0) is 10.7 Å². The Hall–Kier alpha value is -1.36. The van der Waals surface area contributed by atoms with Crippen molar-refractivity contribution in [2.45, 2.75) is 23.3 Å². The highest BCUT2D eigenvalue weighted by molar-refractivity contribution is 6.45. The fraction of sp³-hybridized carbons (Fsp3) is 0.412. The van der Waals surface area contributed by atoms with Crippen LogP contribution < -0.4 is 16.0 Å². The summed E-state index contributed by atoms with van der Waals surface area (Å²) < 4.78 is 0. The Balaban J connectivity index is 2.62. The van der Waals surface area contributed by atoms with E-state index in [9.17, 15) is 5.11 Å². The molecule has 0 aliphatic heterocycles. The van der Waals surface area contributed by atoms with E-state index in [4.69, 9.17) is 23.2 Å². The number of nitrogens with one attached hydrogen (secondary N) is 3. The minimum absolute atomic E-state index is 0.0935. The molecule has 1 aliphatic rings. The fourth-order valence-corrected chi connectivity index (χ4v) is 3.21. The van der Waals surface area contributed by atoms with Crippen molar-refractivity contribution >= 4 is 23.2 Å². The number of alkyl halides is 2. The minimum Gasteiger partial charge on any atom is -0.391 e. The molecule has 2 rings (SSSR count). The Labute approximate surface area is 147 Å². The molecule has 3 N–H and O–H groups in total. The molecular formula is C17H22Cl2N3O. The summed E-state index contributed by atoms with van der Waals surface area (Å²) in [7, 11) is 5.61. The van der Waals surface area contributed by atoms with Crippen molar-refractivity contribution < 1.29 is 5.11 Å². The van der Waals surface area contributed by atoms with Gasteiger partial charge in [-0.3, -0.25) is 0 Å². The minimum atomic E-state index is -1.60. The Morgan fingerprint density at radius 3 is 2.26 bits per heavy atom. The van der Waals surface area contributed by atoms with Gasteiger partial charge >= 0.3 is 0 Å². The summed E-state index contributed by atoms with van der Waals surface area (Å²) in [6, 6.07) is 7.51. The topological polar surface area (TPSA) is 56.0 Å². The van der Waals surface area contributed by atoms with E-state index in [-0.39, 0.29) is 5.92 Å². The highest BCUT2D eigenvalue weighted by atomic mass is 35.5. The zero-order valence-corrected chi connectivity index (χ0v) is 15.2. The zero-order valence-electron chi connectivity index (χ0n) is 13.7. The second-order valence-electron chi connectivity index (χ2n) is 5.61. The first-order valence-electron chi connectivity index (χ1n) is 7.45. The highest BCUT2D eigenvalue weighted by Gasteiger charge is 2.39. The van der Waals surface area contributed by atoms with E-state index in [1.807, 2.05) is 45.4 Å². The average molecular weight is 355 g/mol. The van der Waals surface area contributed by atoms with Gasteiger partial charge in [-0.2, -0.15) is 0 Å². The van der Waals surface area contributed by atoms with Crippen molar-refractivity contribution in [1.29, 1.82) is 0 Å². The van der Waals surface area contributed by atoms with Crippen LogP contribution in [0.2, 0.25) is 0 Å². The first-order chi connectivity index (χ1) is 10.9. The van der Waals surface area contributed by atoms with E-state index < -0.39 is 10.4 Å². The van der Waals surface area contributed by atoms with Gasteiger partial charge in [0.25, 0.3) is 0 Å². The van der Waals surface area contributed by atoms with Gasteiger partial charge in [0.15, 0.2) is 5.60 Å². The standard InChI is InChI=1S/C17H22Cl2N3O/c1-17(23,16(18)19)11-8-6-5-7-10(11)14-12(20-2)9-13(21-3)15(14)22-4/h5-9,14,16,20-22H,1-4H3. The molecule has 0 saturated carbocycles. The van der Waals surface area contributed by atoms with Gasteiger partial charge in [-0.15, -0.1) is 23.2 Å². The van der Waals surface area contributed by atoms with Crippen LogP contribution in [0.1, 0.15) is 24.0 Å². The van der Waals surface area contributed by atoms with Crippen LogP contribution >= 0.6 is 23.2 Å². The van der Waals surface area contributed by atoms with Gasteiger partial charge in [-0.05, 0) is 24.1 Å². The summed E-state index contributed by atoms with van der Waals surface area (Å²) in [5, 5.41) is 22.6. The van der Waals surface area contributed by atoms with Gasteiger partial charge in [-0.1, -0.05) is 24.3 Å². The lowest BCUT2D eigenvalue weighted by molar-refractivity contribution is -0.00632. The maximum absolute atomic E-state index is 13.0. The van der Waals surface area contributed by atoms with Gasteiger partial charge in [0.05, 0.1) is 11.6 Å². The lowest BCUT2D eigenvalue weighted by Gasteiger charge is -2.29. The second kappa shape index (κ2) is 7.04. The molecule has 125 valence electrons. The smallest absolute Gasteiger partial charge is 0.156 e. The van der Waals surface area contributed by atoms with Crippen LogP contribution in [0.3, 0.4) is 0 Å². The summed E-state index contributed by atoms with van der Waals surface area (Å²) in [5.41, 5.74) is 2.89. The summed E-state index contributed by atoms with van der Waals surface area (Å²) in [6.45, 7) is 1.52. The molecule has 0 heterocycles. The zero-order chi connectivity index (χ0) is 17.2. The number of benzene rings is 1. The maximum atomic E-state index is 13.0. The third-order valence-corrected chi connectivity index (χ3v) is 5.07. The number of likely N-dealkylation sites (N-methyl/N-ethyl adjacent to an activating group) is 3. The predicted molar refractivity (Wildman–Crippen MR) is 95.0 cm³/mol. The first kappa shape index (κ1) is 18.0. The number of hydrogen-bond acceptors (Lipinski definition) is 3. The van der Waals surface area contributed by atoms with Crippen LogP contribution in [-0.4, -0.2) is 26.0 Å². The van der Waals surface area contributed by atoms with E-state index >= 15 is 0 Å². The van der Waals surface area contributed by atoms with E-state index in [2.05, 4.69) is 16.0 Å². The molecule has 1 aromatic carbocycles. The summed E-state index contributed by atoms with van der Waals surface area (Å²) >= 11 is 11.9. The van der Waals surface area contributed by atoms with Gasteiger partial charge in [-0.25, -0.2) is 5.11 Å². The van der Waals surface area contributed by atoms with E-state index in [0.29, 0.717) is 5.56 Å². The molecule has 0 bridgehead atoms. The summed E-state index contributed by atoms with van der Waals surface area (Å²) in [6.07, 6.45) is 2.04. The fourth-order valence-electron chi connectivity index (χ4n) is 2.97.